The molecule has 152 valence electrons. The third-order valence-electron chi connectivity index (χ3n) is 4.70. The van der Waals surface area contributed by atoms with Crippen LogP contribution in [-0.2, 0) is 24.2 Å². The number of para-hydroxylation sites is 1. The average Bonchev–Trinajstić information content (AvgIpc) is 3.16. The van der Waals surface area contributed by atoms with E-state index in [-0.39, 0.29) is 5.91 Å². The van der Waals surface area contributed by atoms with Crippen molar-refractivity contribution in [3.63, 3.8) is 0 Å². The fourth-order valence-corrected chi connectivity index (χ4v) is 4.01. The maximum atomic E-state index is 12.7. The number of hydrogen-bond acceptors (Lipinski definition) is 5. The molecule has 1 N–H and O–H groups in total. The molecule has 3 aromatic rings. The average molecular weight is 410 g/mol. The Balaban J connectivity index is 1.74. The Morgan fingerprint density at radius 2 is 1.72 bits per heavy atom. The molecule has 0 fully saturated rings. The summed E-state index contributed by atoms with van der Waals surface area (Å²) in [5.74, 6) is 1.07. The summed E-state index contributed by atoms with van der Waals surface area (Å²) in [6, 6.07) is 10.0. The molecule has 6 nitrogen and oxygen atoms in total. The standard InChI is InChI=1S/C22H27N5OS/c1-4-14-27-21(18-10-12-23-13-11-18)25-26-22(27)29-15-19(28)24-20-16(5-2)8-7-9-17(20)6-3/h7-13H,4-6,14-15H2,1-3H3,(H,24,28). The fourth-order valence-electron chi connectivity index (χ4n) is 3.24. The van der Waals surface area contributed by atoms with Gasteiger partial charge in [0, 0.05) is 30.2 Å². The second-order valence-corrected chi connectivity index (χ2v) is 7.63. The van der Waals surface area contributed by atoms with Crippen LogP contribution < -0.4 is 5.32 Å². The van der Waals surface area contributed by atoms with Gasteiger partial charge in [0.15, 0.2) is 11.0 Å². The summed E-state index contributed by atoms with van der Waals surface area (Å²) in [7, 11) is 0. The lowest BCUT2D eigenvalue weighted by Crippen LogP contribution is -2.17. The second-order valence-electron chi connectivity index (χ2n) is 6.69. The Morgan fingerprint density at radius 1 is 1.03 bits per heavy atom. The number of amides is 1. The van der Waals surface area contributed by atoms with Gasteiger partial charge in [0.1, 0.15) is 0 Å². The van der Waals surface area contributed by atoms with Crippen molar-refractivity contribution in [3.8, 4) is 11.4 Å². The number of pyridine rings is 1. The maximum Gasteiger partial charge on any atom is 0.234 e. The van der Waals surface area contributed by atoms with Gasteiger partial charge in [0.05, 0.1) is 5.75 Å². The molecule has 3 rings (SSSR count). The smallest absolute Gasteiger partial charge is 0.234 e. The first-order chi connectivity index (χ1) is 14.2. The second kappa shape index (κ2) is 10.2. The number of aromatic nitrogens is 4. The SMILES string of the molecule is CCCn1c(SCC(=O)Nc2c(CC)cccc2CC)nnc1-c1ccncc1. The summed E-state index contributed by atoms with van der Waals surface area (Å²) in [6.07, 6.45) is 6.22. The highest BCUT2D eigenvalue weighted by molar-refractivity contribution is 7.99. The molecule has 0 saturated heterocycles. The molecule has 0 spiro atoms. The number of nitrogens with zero attached hydrogens (tertiary/aromatic N) is 4. The van der Waals surface area contributed by atoms with E-state index >= 15 is 0 Å². The number of rotatable bonds is 9. The van der Waals surface area contributed by atoms with Crippen LogP contribution in [0.3, 0.4) is 0 Å². The van der Waals surface area contributed by atoms with Crippen LogP contribution in [0, 0.1) is 0 Å². The molecule has 0 aliphatic rings. The summed E-state index contributed by atoms with van der Waals surface area (Å²) in [6.45, 7) is 7.12. The van der Waals surface area contributed by atoms with Crippen LogP contribution in [0.25, 0.3) is 11.4 Å². The van der Waals surface area contributed by atoms with Gasteiger partial charge in [-0.15, -0.1) is 10.2 Å². The largest absolute Gasteiger partial charge is 0.325 e. The summed E-state index contributed by atoms with van der Waals surface area (Å²) in [5.41, 5.74) is 4.26. The molecule has 0 unspecified atom stereocenters. The first-order valence-corrected chi connectivity index (χ1v) is 11.0. The number of carbonyl (C=O) groups excluding carboxylic acids is 1. The zero-order chi connectivity index (χ0) is 20.6. The van der Waals surface area contributed by atoms with Gasteiger partial charge in [-0.05, 0) is 42.5 Å². The van der Waals surface area contributed by atoms with Gasteiger partial charge in [-0.25, -0.2) is 0 Å². The van der Waals surface area contributed by atoms with Crippen LogP contribution in [0.5, 0.6) is 0 Å². The Hall–Kier alpha value is -2.67. The minimum atomic E-state index is -0.0258. The van der Waals surface area contributed by atoms with Gasteiger partial charge >= 0.3 is 0 Å². The summed E-state index contributed by atoms with van der Waals surface area (Å²) >= 11 is 1.42. The number of aryl methyl sites for hydroxylation is 2. The van der Waals surface area contributed by atoms with Crippen LogP contribution in [-0.4, -0.2) is 31.4 Å². The number of hydrogen-bond donors (Lipinski definition) is 1. The van der Waals surface area contributed by atoms with E-state index in [4.69, 9.17) is 0 Å². The molecule has 0 radical (unpaired) electrons. The number of nitrogens with one attached hydrogen (secondary N) is 1. The van der Waals surface area contributed by atoms with E-state index in [1.807, 2.05) is 12.1 Å². The highest BCUT2D eigenvalue weighted by Crippen LogP contribution is 2.26. The van der Waals surface area contributed by atoms with Crippen molar-refractivity contribution < 1.29 is 4.79 Å². The zero-order valence-electron chi connectivity index (χ0n) is 17.2. The molecule has 2 aromatic heterocycles. The normalized spacial score (nSPS) is 10.9. The van der Waals surface area contributed by atoms with Gasteiger partial charge in [-0.1, -0.05) is 50.7 Å². The van der Waals surface area contributed by atoms with Crippen molar-refractivity contribution in [2.75, 3.05) is 11.1 Å². The van der Waals surface area contributed by atoms with Gasteiger partial charge < -0.3 is 9.88 Å². The fraction of sp³-hybridized carbons (Fsp3) is 0.364. The molecular weight excluding hydrogens is 382 g/mol. The van der Waals surface area contributed by atoms with Crippen LogP contribution in [0.4, 0.5) is 5.69 Å². The van der Waals surface area contributed by atoms with E-state index in [1.165, 1.54) is 11.8 Å². The lowest BCUT2D eigenvalue weighted by molar-refractivity contribution is -0.113. The third kappa shape index (κ3) is 5.03. The molecule has 29 heavy (non-hydrogen) atoms. The Kier molecular flexibility index (Phi) is 7.41. The van der Waals surface area contributed by atoms with Crippen LogP contribution in [0.1, 0.15) is 38.3 Å². The highest BCUT2D eigenvalue weighted by atomic mass is 32.2. The zero-order valence-corrected chi connectivity index (χ0v) is 18.0. The number of carbonyl (C=O) groups is 1. The monoisotopic (exact) mass is 409 g/mol. The summed E-state index contributed by atoms with van der Waals surface area (Å²) in [4.78, 5) is 16.7. The van der Waals surface area contributed by atoms with Crippen molar-refractivity contribution in [3.05, 3.63) is 53.9 Å². The summed E-state index contributed by atoms with van der Waals surface area (Å²) in [5, 5.41) is 12.6. The Morgan fingerprint density at radius 3 is 2.34 bits per heavy atom. The molecule has 0 saturated carbocycles. The highest BCUT2D eigenvalue weighted by Gasteiger charge is 2.16. The molecule has 1 aromatic carbocycles. The molecule has 0 atom stereocenters. The third-order valence-corrected chi connectivity index (χ3v) is 5.66. The number of anilines is 1. The topological polar surface area (TPSA) is 72.7 Å². The van der Waals surface area contributed by atoms with E-state index < -0.39 is 0 Å². The predicted molar refractivity (Wildman–Crippen MR) is 118 cm³/mol. The lowest BCUT2D eigenvalue weighted by Gasteiger charge is -2.14. The first kappa shape index (κ1) is 21.0. The Bertz CT molecular complexity index is 933. The molecule has 0 aliphatic carbocycles. The van der Waals surface area contributed by atoms with Crippen molar-refractivity contribution in [1.82, 2.24) is 19.7 Å². The van der Waals surface area contributed by atoms with Gasteiger partial charge in [-0.3, -0.25) is 9.78 Å². The maximum absolute atomic E-state index is 12.7. The van der Waals surface area contributed by atoms with Crippen molar-refractivity contribution in [2.45, 2.75) is 51.7 Å². The quantitative estimate of drug-likeness (QED) is 0.523. The molecule has 2 heterocycles. The Labute approximate surface area is 176 Å². The van der Waals surface area contributed by atoms with Crippen LogP contribution in [0.2, 0.25) is 0 Å². The van der Waals surface area contributed by atoms with Crippen molar-refractivity contribution >= 4 is 23.4 Å². The van der Waals surface area contributed by atoms with Crippen molar-refractivity contribution in [2.24, 2.45) is 0 Å². The van der Waals surface area contributed by atoms with Crippen LogP contribution in [0.15, 0.2) is 47.9 Å². The summed E-state index contributed by atoms with van der Waals surface area (Å²) < 4.78 is 2.07. The number of benzene rings is 1. The van der Waals surface area contributed by atoms with E-state index in [0.29, 0.717) is 5.75 Å². The first-order valence-electron chi connectivity index (χ1n) is 10.0. The molecule has 0 bridgehead atoms. The number of thioether (sulfide) groups is 1. The molecule has 1 amide bonds. The van der Waals surface area contributed by atoms with E-state index in [2.05, 4.69) is 64.0 Å². The van der Waals surface area contributed by atoms with E-state index in [0.717, 1.165) is 59.2 Å². The van der Waals surface area contributed by atoms with Gasteiger partial charge in [0.2, 0.25) is 5.91 Å². The van der Waals surface area contributed by atoms with Crippen LogP contribution >= 0.6 is 11.8 Å². The van der Waals surface area contributed by atoms with Crippen molar-refractivity contribution in [1.29, 1.82) is 0 Å². The van der Waals surface area contributed by atoms with E-state index in [1.54, 1.807) is 12.4 Å². The molecule has 0 aliphatic heterocycles. The predicted octanol–water partition coefficient (Wildman–Crippen LogP) is 4.61. The minimum absolute atomic E-state index is 0.0258. The minimum Gasteiger partial charge on any atom is -0.325 e. The molecule has 7 heteroatoms. The molecular formula is C22H27N5OS. The van der Waals surface area contributed by atoms with E-state index in [9.17, 15) is 4.79 Å². The van der Waals surface area contributed by atoms with Gasteiger partial charge in [-0.2, -0.15) is 0 Å². The lowest BCUT2D eigenvalue weighted by atomic mass is 10.0. The van der Waals surface area contributed by atoms with Gasteiger partial charge in [0.25, 0.3) is 0 Å².